The van der Waals surface area contributed by atoms with Crippen LogP contribution in [0.25, 0.3) is 11.0 Å². The van der Waals surface area contributed by atoms with Crippen molar-refractivity contribution in [3.63, 3.8) is 0 Å². The van der Waals surface area contributed by atoms with E-state index in [0.717, 1.165) is 30.3 Å². The first-order valence-electron chi connectivity index (χ1n) is 10.0. The van der Waals surface area contributed by atoms with Crippen molar-refractivity contribution in [1.29, 1.82) is 0 Å². The van der Waals surface area contributed by atoms with Gasteiger partial charge in [-0.15, -0.1) is 0 Å². The summed E-state index contributed by atoms with van der Waals surface area (Å²) in [5.41, 5.74) is 1.30. The minimum absolute atomic E-state index is 0.0181. The van der Waals surface area contributed by atoms with E-state index in [2.05, 4.69) is 24.3 Å². The second kappa shape index (κ2) is 9.17. The van der Waals surface area contributed by atoms with Gasteiger partial charge in [-0.1, -0.05) is 19.0 Å². The van der Waals surface area contributed by atoms with Gasteiger partial charge in [0.25, 0.3) is 0 Å². The summed E-state index contributed by atoms with van der Waals surface area (Å²) >= 11 is 0. The van der Waals surface area contributed by atoms with Gasteiger partial charge in [0.1, 0.15) is 5.82 Å². The van der Waals surface area contributed by atoms with E-state index in [1.54, 1.807) is 6.07 Å². The molecule has 0 atom stereocenters. The van der Waals surface area contributed by atoms with E-state index in [1.807, 2.05) is 4.90 Å². The number of halogens is 1. The smallest absolute Gasteiger partial charge is 0.223 e. The number of nitrogens with one attached hydrogen (secondary N) is 1. The fourth-order valence-corrected chi connectivity index (χ4v) is 3.59. The molecule has 7 heteroatoms. The maximum Gasteiger partial charge on any atom is 0.223 e. The molecular weight excluding hydrogens is 361 g/mol. The van der Waals surface area contributed by atoms with E-state index >= 15 is 0 Å². The molecule has 0 spiro atoms. The molecule has 1 aliphatic rings. The first-order chi connectivity index (χ1) is 13.4. The van der Waals surface area contributed by atoms with Crippen molar-refractivity contribution in [1.82, 2.24) is 15.4 Å². The Morgan fingerprint density at radius 3 is 2.75 bits per heavy atom. The number of rotatable bonds is 7. The van der Waals surface area contributed by atoms with E-state index in [4.69, 9.17) is 4.52 Å². The molecule has 1 saturated heterocycles. The highest BCUT2D eigenvalue weighted by Gasteiger charge is 2.27. The molecule has 1 N–H and O–H groups in total. The van der Waals surface area contributed by atoms with Crippen LogP contribution in [0.5, 0.6) is 0 Å². The summed E-state index contributed by atoms with van der Waals surface area (Å²) in [6, 6.07) is 4.45. The van der Waals surface area contributed by atoms with E-state index in [9.17, 15) is 14.0 Å². The Balaban J connectivity index is 1.45. The predicted octanol–water partition coefficient (Wildman–Crippen LogP) is 3.62. The SMILES string of the molecule is CC(C)CCNC(=O)CCC(=O)N1CCC(c2noc3cc(F)ccc23)CC1. The van der Waals surface area contributed by atoms with E-state index in [0.29, 0.717) is 31.1 Å². The van der Waals surface area contributed by atoms with Gasteiger partial charge in [-0.3, -0.25) is 9.59 Å². The Hall–Kier alpha value is -2.44. The molecule has 28 heavy (non-hydrogen) atoms. The molecule has 6 nitrogen and oxygen atoms in total. The largest absolute Gasteiger partial charge is 0.356 e. The number of carbonyl (C=O) groups is 2. The number of benzene rings is 1. The summed E-state index contributed by atoms with van der Waals surface area (Å²) in [7, 11) is 0. The molecule has 1 aromatic heterocycles. The normalized spacial score (nSPS) is 15.4. The second-order valence-corrected chi connectivity index (χ2v) is 7.90. The highest BCUT2D eigenvalue weighted by atomic mass is 19.1. The molecule has 0 unspecified atom stereocenters. The lowest BCUT2D eigenvalue weighted by Gasteiger charge is -2.31. The highest BCUT2D eigenvalue weighted by Crippen LogP contribution is 2.32. The molecule has 0 radical (unpaired) electrons. The zero-order valence-corrected chi connectivity index (χ0v) is 16.5. The van der Waals surface area contributed by atoms with Crippen LogP contribution in [0.4, 0.5) is 4.39 Å². The fourth-order valence-electron chi connectivity index (χ4n) is 3.59. The van der Waals surface area contributed by atoms with Gasteiger partial charge >= 0.3 is 0 Å². The van der Waals surface area contributed by atoms with Gasteiger partial charge in [0, 0.05) is 49.8 Å². The predicted molar refractivity (Wildman–Crippen MR) is 104 cm³/mol. The number of likely N-dealkylation sites (tertiary alicyclic amines) is 1. The highest BCUT2D eigenvalue weighted by molar-refractivity contribution is 5.84. The zero-order valence-electron chi connectivity index (χ0n) is 16.5. The van der Waals surface area contributed by atoms with Crippen LogP contribution in [0, 0.1) is 11.7 Å². The third-order valence-electron chi connectivity index (χ3n) is 5.31. The summed E-state index contributed by atoms with van der Waals surface area (Å²) in [6.45, 7) is 6.15. The monoisotopic (exact) mass is 389 g/mol. The van der Waals surface area contributed by atoms with Crippen molar-refractivity contribution < 1.29 is 18.5 Å². The Morgan fingerprint density at radius 1 is 1.29 bits per heavy atom. The summed E-state index contributed by atoms with van der Waals surface area (Å²) in [5, 5.41) is 7.83. The molecule has 1 fully saturated rings. The number of piperidine rings is 1. The average Bonchev–Trinajstić information content (AvgIpc) is 3.09. The van der Waals surface area contributed by atoms with Gasteiger partial charge in [0.15, 0.2) is 5.58 Å². The summed E-state index contributed by atoms with van der Waals surface area (Å²) in [6.07, 6.45) is 2.98. The Bertz CT molecular complexity index is 825. The molecule has 1 aliphatic heterocycles. The second-order valence-electron chi connectivity index (χ2n) is 7.90. The number of fused-ring (bicyclic) bond motifs is 1. The van der Waals surface area contributed by atoms with Crippen molar-refractivity contribution in [3.8, 4) is 0 Å². The fraction of sp³-hybridized carbons (Fsp3) is 0.571. The molecule has 2 heterocycles. The molecule has 0 bridgehead atoms. The quantitative estimate of drug-likeness (QED) is 0.785. The van der Waals surface area contributed by atoms with Crippen molar-refractivity contribution >= 4 is 22.8 Å². The minimum Gasteiger partial charge on any atom is -0.356 e. The Kier molecular flexibility index (Phi) is 6.65. The third-order valence-corrected chi connectivity index (χ3v) is 5.31. The Labute approximate surface area is 164 Å². The molecule has 0 saturated carbocycles. The van der Waals surface area contributed by atoms with Crippen LogP contribution in [0.2, 0.25) is 0 Å². The zero-order chi connectivity index (χ0) is 20.1. The number of carbonyl (C=O) groups excluding carboxylic acids is 2. The van der Waals surface area contributed by atoms with Crippen molar-refractivity contribution in [3.05, 3.63) is 29.7 Å². The van der Waals surface area contributed by atoms with Crippen LogP contribution in [0.1, 0.15) is 57.6 Å². The lowest BCUT2D eigenvalue weighted by Crippen LogP contribution is -2.38. The molecule has 152 valence electrons. The topological polar surface area (TPSA) is 75.4 Å². The molecule has 0 aliphatic carbocycles. The molecule has 1 aromatic carbocycles. The van der Waals surface area contributed by atoms with E-state index in [1.165, 1.54) is 12.1 Å². The minimum atomic E-state index is -0.344. The van der Waals surface area contributed by atoms with Gasteiger partial charge in [-0.25, -0.2) is 4.39 Å². The summed E-state index contributed by atoms with van der Waals surface area (Å²) in [5.74, 6) is 0.345. The van der Waals surface area contributed by atoms with Gasteiger partial charge in [0.05, 0.1) is 5.69 Å². The van der Waals surface area contributed by atoms with Crippen LogP contribution in [-0.4, -0.2) is 41.5 Å². The maximum absolute atomic E-state index is 13.3. The van der Waals surface area contributed by atoms with Crippen molar-refractivity contribution in [2.75, 3.05) is 19.6 Å². The number of hydrogen-bond donors (Lipinski definition) is 1. The Morgan fingerprint density at radius 2 is 2.04 bits per heavy atom. The first-order valence-corrected chi connectivity index (χ1v) is 10.0. The average molecular weight is 389 g/mol. The number of amides is 2. The van der Waals surface area contributed by atoms with Gasteiger partial charge in [-0.2, -0.15) is 0 Å². The lowest BCUT2D eigenvalue weighted by atomic mass is 9.91. The van der Waals surface area contributed by atoms with Gasteiger partial charge < -0.3 is 14.7 Å². The standard InChI is InChI=1S/C21H28FN3O3/c1-14(2)7-10-23-19(26)5-6-20(27)25-11-8-15(9-12-25)21-17-4-3-16(22)13-18(17)28-24-21/h3-4,13-15H,5-12H2,1-2H3,(H,23,26). The van der Waals surface area contributed by atoms with E-state index < -0.39 is 0 Å². The summed E-state index contributed by atoms with van der Waals surface area (Å²) < 4.78 is 18.6. The van der Waals surface area contributed by atoms with Gasteiger partial charge in [0.2, 0.25) is 11.8 Å². The molecule has 2 amide bonds. The van der Waals surface area contributed by atoms with Crippen LogP contribution in [-0.2, 0) is 9.59 Å². The van der Waals surface area contributed by atoms with Gasteiger partial charge in [-0.05, 0) is 37.3 Å². The summed E-state index contributed by atoms with van der Waals surface area (Å²) in [4.78, 5) is 26.1. The number of nitrogens with zero attached hydrogens (tertiary/aromatic N) is 2. The number of hydrogen-bond acceptors (Lipinski definition) is 4. The van der Waals surface area contributed by atoms with Crippen LogP contribution < -0.4 is 5.32 Å². The van der Waals surface area contributed by atoms with Crippen molar-refractivity contribution in [2.45, 2.75) is 51.9 Å². The van der Waals surface area contributed by atoms with Crippen molar-refractivity contribution in [2.24, 2.45) is 5.92 Å². The lowest BCUT2D eigenvalue weighted by molar-refractivity contribution is -0.134. The third kappa shape index (κ3) is 5.09. The number of aromatic nitrogens is 1. The van der Waals surface area contributed by atoms with Crippen LogP contribution in [0.3, 0.4) is 0 Å². The van der Waals surface area contributed by atoms with E-state index in [-0.39, 0.29) is 36.4 Å². The first kappa shape index (κ1) is 20.3. The van der Waals surface area contributed by atoms with Crippen LogP contribution >= 0.6 is 0 Å². The maximum atomic E-state index is 13.3. The molecule has 2 aromatic rings. The molecular formula is C21H28FN3O3. The van der Waals surface area contributed by atoms with Crippen LogP contribution in [0.15, 0.2) is 22.7 Å². The molecule has 3 rings (SSSR count).